The van der Waals surface area contributed by atoms with Crippen LogP contribution in [0.4, 0.5) is 5.95 Å². The number of aromatic amines is 1. The van der Waals surface area contributed by atoms with Crippen molar-refractivity contribution in [2.45, 2.75) is 18.3 Å². The van der Waals surface area contributed by atoms with Gasteiger partial charge in [-0.05, 0) is 36.1 Å². The van der Waals surface area contributed by atoms with Gasteiger partial charge < -0.3 is 10.5 Å². The maximum atomic E-state index is 5.66. The van der Waals surface area contributed by atoms with Gasteiger partial charge in [0.15, 0.2) is 5.82 Å². The van der Waals surface area contributed by atoms with Crippen LogP contribution >= 0.6 is 0 Å². The molecule has 1 aliphatic heterocycles. The normalized spacial score (nSPS) is 15.7. The van der Waals surface area contributed by atoms with E-state index < -0.39 is 0 Å². The molecule has 30 heavy (non-hydrogen) atoms. The van der Waals surface area contributed by atoms with Crippen LogP contribution in [0.3, 0.4) is 0 Å². The lowest BCUT2D eigenvalue weighted by Crippen LogP contribution is -2.36. The van der Waals surface area contributed by atoms with Crippen molar-refractivity contribution in [1.82, 2.24) is 30.1 Å². The Morgan fingerprint density at radius 3 is 2.37 bits per heavy atom. The van der Waals surface area contributed by atoms with E-state index >= 15 is 0 Å². The summed E-state index contributed by atoms with van der Waals surface area (Å²) in [5.74, 6) is 1.78. The summed E-state index contributed by atoms with van der Waals surface area (Å²) in [5, 5.41) is 7.65. The highest BCUT2D eigenvalue weighted by Gasteiger charge is 2.39. The third kappa shape index (κ3) is 3.31. The molecule has 8 nitrogen and oxygen atoms in total. The highest BCUT2D eigenvalue weighted by molar-refractivity contribution is 5.63. The number of hydrogen-bond donors (Lipinski definition) is 2. The summed E-state index contributed by atoms with van der Waals surface area (Å²) in [6, 6.07) is 12.3. The fourth-order valence-corrected chi connectivity index (χ4v) is 3.95. The van der Waals surface area contributed by atoms with Crippen LogP contribution in [0, 0.1) is 0 Å². The first-order valence-corrected chi connectivity index (χ1v) is 9.84. The molecule has 1 aliphatic rings. The average Bonchev–Trinajstić information content (AvgIpc) is 3.32. The summed E-state index contributed by atoms with van der Waals surface area (Å²) in [6.45, 7) is 1.35. The molecule has 1 aromatic carbocycles. The number of benzene rings is 1. The third-order valence-corrected chi connectivity index (χ3v) is 5.65. The molecule has 0 atom stereocenters. The number of rotatable bonds is 4. The van der Waals surface area contributed by atoms with Crippen LogP contribution in [0.5, 0.6) is 0 Å². The number of nitrogens with one attached hydrogen (secondary N) is 1. The highest BCUT2D eigenvalue weighted by Crippen LogP contribution is 2.40. The SMILES string of the molecule is Nc1ncc(-c2ccc(C3(c4nc(-c5cccnc5)n[nH]4)CCOCC3)cc2)cn1. The predicted molar refractivity (Wildman–Crippen MR) is 112 cm³/mol. The van der Waals surface area contributed by atoms with E-state index in [1.165, 1.54) is 5.56 Å². The topological polar surface area (TPSA) is 115 Å². The minimum atomic E-state index is -0.276. The smallest absolute Gasteiger partial charge is 0.219 e. The number of nitrogens with two attached hydrogens (primary N) is 1. The van der Waals surface area contributed by atoms with E-state index in [1.54, 1.807) is 24.8 Å². The zero-order valence-electron chi connectivity index (χ0n) is 16.3. The van der Waals surface area contributed by atoms with Crippen LogP contribution in [0.15, 0.2) is 61.2 Å². The number of anilines is 1. The van der Waals surface area contributed by atoms with E-state index in [4.69, 9.17) is 15.5 Å². The maximum absolute atomic E-state index is 5.66. The predicted octanol–water partition coefficient (Wildman–Crippen LogP) is 3.00. The van der Waals surface area contributed by atoms with Crippen molar-refractivity contribution >= 4 is 5.95 Å². The Kier molecular flexibility index (Phi) is 4.68. The molecule has 0 amide bonds. The number of nitrogens with zero attached hydrogens (tertiary/aromatic N) is 5. The molecule has 150 valence electrons. The third-order valence-electron chi connectivity index (χ3n) is 5.65. The number of aromatic nitrogens is 6. The Bertz CT molecular complexity index is 1120. The molecule has 3 N–H and O–H groups in total. The van der Waals surface area contributed by atoms with Crippen molar-refractivity contribution in [2.24, 2.45) is 0 Å². The van der Waals surface area contributed by atoms with E-state index in [-0.39, 0.29) is 11.4 Å². The first kappa shape index (κ1) is 18.4. The van der Waals surface area contributed by atoms with Gasteiger partial charge in [-0.2, -0.15) is 5.10 Å². The van der Waals surface area contributed by atoms with Gasteiger partial charge in [0.05, 0.1) is 5.41 Å². The molecule has 1 fully saturated rings. The number of ether oxygens (including phenoxy) is 1. The van der Waals surface area contributed by atoms with E-state index in [1.807, 2.05) is 12.1 Å². The Morgan fingerprint density at radius 2 is 1.67 bits per heavy atom. The first-order valence-electron chi connectivity index (χ1n) is 9.84. The molecule has 3 aromatic heterocycles. The largest absolute Gasteiger partial charge is 0.381 e. The van der Waals surface area contributed by atoms with Gasteiger partial charge in [0.1, 0.15) is 5.82 Å². The molecule has 4 heterocycles. The number of pyridine rings is 1. The zero-order valence-corrected chi connectivity index (χ0v) is 16.3. The molecule has 0 saturated carbocycles. The lowest BCUT2D eigenvalue weighted by molar-refractivity contribution is 0.0606. The van der Waals surface area contributed by atoms with E-state index in [9.17, 15) is 0 Å². The van der Waals surface area contributed by atoms with Gasteiger partial charge in [0, 0.05) is 49.1 Å². The van der Waals surface area contributed by atoms with Crippen molar-refractivity contribution in [3.63, 3.8) is 0 Å². The molecule has 0 unspecified atom stereocenters. The van der Waals surface area contributed by atoms with Gasteiger partial charge in [-0.1, -0.05) is 24.3 Å². The van der Waals surface area contributed by atoms with Crippen molar-refractivity contribution < 1.29 is 4.74 Å². The van der Waals surface area contributed by atoms with Crippen LogP contribution in [-0.4, -0.2) is 43.3 Å². The Hall–Kier alpha value is -3.65. The Labute approximate surface area is 173 Å². The molecular formula is C22H21N7O. The monoisotopic (exact) mass is 399 g/mol. The minimum absolute atomic E-state index is 0.270. The average molecular weight is 399 g/mol. The lowest BCUT2D eigenvalue weighted by atomic mass is 9.73. The van der Waals surface area contributed by atoms with Gasteiger partial charge in [-0.15, -0.1) is 0 Å². The summed E-state index contributed by atoms with van der Waals surface area (Å²) in [6.07, 6.45) is 8.64. The van der Waals surface area contributed by atoms with Gasteiger partial charge in [0.25, 0.3) is 0 Å². The highest BCUT2D eigenvalue weighted by atomic mass is 16.5. The van der Waals surface area contributed by atoms with Gasteiger partial charge >= 0.3 is 0 Å². The standard InChI is InChI=1S/C22H21N7O/c23-21-25-13-17(14-26-21)15-3-5-18(6-4-15)22(7-10-30-11-8-22)20-27-19(28-29-20)16-2-1-9-24-12-16/h1-6,9,12-14H,7-8,10-11H2,(H2,23,25,26)(H,27,28,29). The van der Waals surface area contributed by atoms with Crippen LogP contribution in [0.1, 0.15) is 24.2 Å². The second-order valence-corrected chi connectivity index (χ2v) is 7.35. The fourth-order valence-electron chi connectivity index (χ4n) is 3.95. The second-order valence-electron chi connectivity index (χ2n) is 7.35. The number of hydrogen-bond acceptors (Lipinski definition) is 7. The lowest BCUT2D eigenvalue weighted by Gasteiger charge is -2.35. The van der Waals surface area contributed by atoms with Crippen molar-refractivity contribution in [2.75, 3.05) is 18.9 Å². The van der Waals surface area contributed by atoms with Crippen LogP contribution in [-0.2, 0) is 10.2 Å². The molecule has 8 heteroatoms. The Morgan fingerprint density at radius 1 is 0.900 bits per heavy atom. The quantitative estimate of drug-likeness (QED) is 0.542. The van der Waals surface area contributed by atoms with Crippen LogP contribution < -0.4 is 5.73 Å². The second kappa shape index (κ2) is 7.64. The zero-order chi connectivity index (χ0) is 20.4. The molecular weight excluding hydrogens is 378 g/mol. The van der Waals surface area contributed by atoms with Crippen molar-refractivity contribution in [1.29, 1.82) is 0 Å². The Balaban J connectivity index is 1.51. The summed E-state index contributed by atoms with van der Waals surface area (Å²) < 4.78 is 5.66. The summed E-state index contributed by atoms with van der Waals surface area (Å²) in [4.78, 5) is 17.2. The molecule has 5 rings (SSSR count). The molecule has 0 spiro atoms. The van der Waals surface area contributed by atoms with Gasteiger partial charge in [0.2, 0.25) is 5.95 Å². The molecule has 1 saturated heterocycles. The molecule has 0 aliphatic carbocycles. The number of nitrogen functional groups attached to an aromatic ring is 1. The van der Waals surface area contributed by atoms with Crippen molar-refractivity contribution in [3.8, 4) is 22.5 Å². The van der Waals surface area contributed by atoms with E-state index in [2.05, 4.69) is 49.4 Å². The molecule has 0 bridgehead atoms. The molecule has 0 radical (unpaired) electrons. The molecule has 4 aromatic rings. The fraction of sp³-hybridized carbons (Fsp3) is 0.227. The van der Waals surface area contributed by atoms with E-state index in [0.29, 0.717) is 19.0 Å². The summed E-state index contributed by atoms with van der Waals surface area (Å²) in [5.41, 5.74) is 9.35. The minimum Gasteiger partial charge on any atom is -0.381 e. The maximum Gasteiger partial charge on any atom is 0.219 e. The summed E-state index contributed by atoms with van der Waals surface area (Å²) >= 11 is 0. The van der Waals surface area contributed by atoms with Crippen LogP contribution in [0.2, 0.25) is 0 Å². The van der Waals surface area contributed by atoms with E-state index in [0.717, 1.165) is 35.4 Å². The van der Waals surface area contributed by atoms with Crippen molar-refractivity contribution in [3.05, 3.63) is 72.6 Å². The van der Waals surface area contributed by atoms with Gasteiger partial charge in [-0.25, -0.2) is 15.0 Å². The van der Waals surface area contributed by atoms with Gasteiger partial charge in [-0.3, -0.25) is 10.1 Å². The number of H-pyrrole nitrogens is 1. The summed E-state index contributed by atoms with van der Waals surface area (Å²) in [7, 11) is 0. The van der Waals surface area contributed by atoms with Crippen LogP contribution in [0.25, 0.3) is 22.5 Å². The first-order chi connectivity index (χ1) is 14.7.